The molecule has 0 amide bonds. The molecule has 2 aromatic rings. The van der Waals surface area contributed by atoms with Gasteiger partial charge in [0.15, 0.2) is 0 Å². The standard InChI is InChI=1S/C15H20ClN3O/c1-4-12-15(16)13(19(5-2)18-12)9-20-14-7-6-10(3)8-11(14)17/h6-8H,4-5,9,17H2,1-3H3. The molecule has 0 saturated heterocycles. The van der Waals surface area contributed by atoms with Crippen molar-refractivity contribution in [2.75, 3.05) is 5.73 Å². The van der Waals surface area contributed by atoms with Crippen LogP contribution in [0.2, 0.25) is 5.02 Å². The average Bonchev–Trinajstić information content (AvgIpc) is 2.74. The number of rotatable bonds is 5. The number of nitrogens with two attached hydrogens (primary N) is 1. The zero-order valence-electron chi connectivity index (χ0n) is 12.1. The van der Waals surface area contributed by atoms with E-state index < -0.39 is 0 Å². The van der Waals surface area contributed by atoms with Gasteiger partial charge in [-0.05, 0) is 38.0 Å². The van der Waals surface area contributed by atoms with E-state index in [1.807, 2.05) is 43.7 Å². The zero-order valence-corrected chi connectivity index (χ0v) is 12.9. The fraction of sp³-hybridized carbons (Fsp3) is 0.400. The summed E-state index contributed by atoms with van der Waals surface area (Å²) in [4.78, 5) is 0. The zero-order chi connectivity index (χ0) is 14.7. The molecule has 1 aromatic heterocycles. The van der Waals surface area contributed by atoms with E-state index in [0.29, 0.717) is 23.1 Å². The van der Waals surface area contributed by atoms with Crippen LogP contribution in [0.1, 0.15) is 30.8 Å². The van der Waals surface area contributed by atoms with Gasteiger partial charge in [-0.2, -0.15) is 5.10 Å². The molecule has 108 valence electrons. The molecule has 1 heterocycles. The fourth-order valence-electron chi connectivity index (χ4n) is 2.10. The Bertz CT molecular complexity index is 607. The van der Waals surface area contributed by atoms with Gasteiger partial charge in [0.2, 0.25) is 0 Å². The van der Waals surface area contributed by atoms with Crippen LogP contribution in [0, 0.1) is 6.92 Å². The van der Waals surface area contributed by atoms with E-state index in [1.165, 1.54) is 0 Å². The van der Waals surface area contributed by atoms with Crippen LogP contribution < -0.4 is 10.5 Å². The van der Waals surface area contributed by atoms with Crippen molar-refractivity contribution in [3.05, 3.63) is 40.2 Å². The minimum Gasteiger partial charge on any atom is -0.485 e. The highest BCUT2D eigenvalue weighted by molar-refractivity contribution is 6.31. The Morgan fingerprint density at radius 2 is 2.10 bits per heavy atom. The molecule has 0 aliphatic carbocycles. The van der Waals surface area contributed by atoms with Crippen LogP contribution in [-0.4, -0.2) is 9.78 Å². The van der Waals surface area contributed by atoms with Gasteiger partial charge in [0.1, 0.15) is 12.4 Å². The van der Waals surface area contributed by atoms with Crippen molar-refractivity contribution in [3.63, 3.8) is 0 Å². The monoisotopic (exact) mass is 293 g/mol. The highest BCUT2D eigenvalue weighted by atomic mass is 35.5. The number of aromatic nitrogens is 2. The van der Waals surface area contributed by atoms with Crippen molar-refractivity contribution in [1.29, 1.82) is 0 Å². The molecule has 2 N–H and O–H groups in total. The molecule has 2 rings (SSSR count). The molecule has 0 bridgehead atoms. The predicted molar refractivity (Wildman–Crippen MR) is 82.2 cm³/mol. The largest absolute Gasteiger partial charge is 0.485 e. The first kappa shape index (κ1) is 14.7. The van der Waals surface area contributed by atoms with E-state index in [9.17, 15) is 0 Å². The van der Waals surface area contributed by atoms with Crippen LogP contribution in [0.5, 0.6) is 5.75 Å². The molecule has 0 saturated carbocycles. The minimum absolute atomic E-state index is 0.368. The second-order valence-corrected chi connectivity index (χ2v) is 5.08. The molecule has 5 heteroatoms. The highest BCUT2D eigenvalue weighted by Crippen LogP contribution is 2.26. The molecule has 0 atom stereocenters. The molecule has 20 heavy (non-hydrogen) atoms. The van der Waals surface area contributed by atoms with Crippen molar-refractivity contribution in [2.24, 2.45) is 0 Å². The van der Waals surface area contributed by atoms with Gasteiger partial charge in [0, 0.05) is 6.54 Å². The summed E-state index contributed by atoms with van der Waals surface area (Å²) in [6, 6.07) is 5.75. The lowest BCUT2D eigenvalue weighted by Crippen LogP contribution is -2.07. The van der Waals surface area contributed by atoms with E-state index in [2.05, 4.69) is 5.10 Å². The average molecular weight is 294 g/mol. The number of hydrogen-bond donors (Lipinski definition) is 1. The minimum atomic E-state index is 0.368. The fourth-order valence-corrected chi connectivity index (χ4v) is 2.42. The summed E-state index contributed by atoms with van der Waals surface area (Å²) in [7, 11) is 0. The van der Waals surface area contributed by atoms with Crippen molar-refractivity contribution < 1.29 is 4.74 Å². The summed E-state index contributed by atoms with van der Waals surface area (Å²) in [5, 5.41) is 5.16. The number of hydrogen-bond acceptors (Lipinski definition) is 3. The molecule has 0 radical (unpaired) electrons. The van der Waals surface area contributed by atoms with E-state index >= 15 is 0 Å². The molecular weight excluding hydrogens is 274 g/mol. The Kier molecular flexibility index (Phi) is 4.55. The van der Waals surface area contributed by atoms with Crippen LogP contribution in [0.25, 0.3) is 0 Å². The van der Waals surface area contributed by atoms with E-state index in [-0.39, 0.29) is 0 Å². The quantitative estimate of drug-likeness (QED) is 0.857. The number of nitrogens with zero attached hydrogens (tertiary/aromatic N) is 2. The van der Waals surface area contributed by atoms with Crippen LogP contribution in [0.4, 0.5) is 5.69 Å². The van der Waals surface area contributed by atoms with Crippen molar-refractivity contribution in [1.82, 2.24) is 9.78 Å². The molecule has 0 fully saturated rings. The maximum absolute atomic E-state index is 6.35. The second-order valence-electron chi connectivity index (χ2n) is 4.71. The van der Waals surface area contributed by atoms with Crippen molar-refractivity contribution in [3.8, 4) is 5.75 Å². The lowest BCUT2D eigenvalue weighted by molar-refractivity contribution is 0.294. The number of halogens is 1. The summed E-state index contributed by atoms with van der Waals surface area (Å²) >= 11 is 6.35. The van der Waals surface area contributed by atoms with Gasteiger partial charge in [-0.1, -0.05) is 24.6 Å². The summed E-state index contributed by atoms with van der Waals surface area (Å²) in [5.41, 5.74) is 9.50. The number of aryl methyl sites for hydroxylation is 3. The Morgan fingerprint density at radius 1 is 1.35 bits per heavy atom. The normalized spacial score (nSPS) is 10.8. The van der Waals surface area contributed by atoms with Gasteiger partial charge >= 0.3 is 0 Å². The topological polar surface area (TPSA) is 53.1 Å². The second kappa shape index (κ2) is 6.18. The Balaban J connectivity index is 2.20. The smallest absolute Gasteiger partial charge is 0.142 e. The molecule has 0 unspecified atom stereocenters. The number of nitrogen functional groups attached to an aromatic ring is 1. The van der Waals surface area contributed by atoms with Crippen LogP contribution in [-0.2, 0) is 19.6 Å². The van der Waals surface area contributed by atoms with Gasteiger partial charge in [-0.3, -0.25) is 4.68 Å². The maximum atomic E-state index is 6.35. The van der Waals surface area contributed by atoms with Crippen LogP contribution in [0.3, 0.4) is 0 Å². The van der Waals surface area contributed by atoms with Gasteiger partial charge in [-0.15, -0.1) is 0 Å². The summed E-state index contributed by atoms with van der Waals surface area (Å²) < 4.78 is 7.67. The van der Waals surface area contributed by atoms with Gasteiger partial charge in [0.05, 0.1) is 22.1 Å². The van der Waals surface area contributed by atoms with Gasteiger partial charge in [-0.25, -0.2) is 0 Å². The summed E-state index contributed by atoms with van der Waals surface area (Å²) in [6.45, 7) is 7.20. The van der Waals surface area contributed by atoms with Crippen LogP contribution >= 0.6 is 11.6 Å². The number of anilines is 1. The first-order valence-electron chi connectivity index (χ1n) is 6.79. The third kappa shape index (κ3) is 2.90. The Morgan fingerprint density at radius 3 is 2.70 bits per heavy atom. The summed E-state index contributed by atoms with van der Waals surface area (Å²) in [5.74, 6) is 0.675. The van der Waals surface area contributed by atoms with Crippen molar-refractivity contribution in [2.45, 2.75) is 40.3 Å². The van der Waals surface area contributed by atoms with Gasteiger partial charge in [0.25, 0.3) is 0 Å². The highest BCUT2D eigenvalue weighted by Gasteiger charge is 2.15. The molecule has 0 aliphatic heterocycles. The Labute approximate surface area is 124 Å². The molecule has 0 spiro atoms. The molecule has 1 aromatic carbocycles. The third-order valence-electron chi connectivity index (χ3n) is 3.22. The van der Waals surface area contributed by atoms with E-state index in [1.54, 1.807) is 0 Å². The molecule has 4 nitrogen and oxygen atoms in total. The number of benzene rings is 1. The van der Waals surface area contributed by atoms with Gasteiger partial charge < -0.3 is 10.5 Å². The SMILES string of the molecule is CCc1nn(CC)c(COc2ccc(C)cc2N)c1Cl. The molecular formula is C15H20ClN3O. The van der Waals surface area contributed by atoms with Crippen molar-refractivity contribution >= 4 is 17.3 Å². The van der Waals surface area contributed by atoms with Crippen LogP contribution in [0.15, 0.2) is 18.2 Å². The number of ether oxygens (including phenoxy) is 1. The van der Waals surface area contributed by atoms with E-state index in [0.717, 1.165) is 29.9 Å². The first-order chi connectivity index (χ1) is 9.56. The third-order valence-corrected chi connectivity index (χ3v) is 3.66. The first-order valence-corrected chi connectivity index (χ1v) is 7.17. The summed E-state index contributed by atoms with van der Waals surface area (Å²) in [6.07, 6.45) is 0.811. The Hall–Kier alpha value is -1.68. The molecule has 0 aliphatic rings. The lowest BCUT2D eigenvalue weighted by atomic mass is 10.2. The lowest BCUT2D eigenvalue weighted by Gasteiger charge is -2.10. The predicted octanol–water partition coefficient (Wildman–Crippen LogP) is 3.59. The maximum Gasteiger partial charge on any atom is 0.142 e. The van der Waals surface area contributed by atoms with E-state index in [4.69, 9.17) is 22.1 Å².